The molecular weight excluding hydrogens is 244 g/mol. The van der Waals surface area contributed by atoms with E-state index < -0.39 is 22.9 Å². The van der Waals surface area contributed by atoms with Gasteiger partial charge in [0.1, 0.15) is 0 Å². The molecule has 0 bridgehead atoms. The number of hydrogen-bond donors (Lipinski definition) is 2. The lowest BCUT2D eigenvalue weighted by molar-refractivity contribution is -0.149. The Morgan fingerprint density at radius 2 is 1.89 bits per heavy atom. The summed E-state index contributed by atoms with van der Waals surface area (Å²) in [6.45, 7) is 7.09. The van der Waals surface area contributed by atoms with Crippen molar-refractivity contribution in [3.63, 3.8) is 0 Å². The molecule has 0 radical (unpaired) electrons. The zero-order chi connectivity index (χ0) is 14.6. The SMILES string of the molecule is CC1=C2C(=O)C(C)(C)[C@H](O)[C@H]2C[C@@](C)(C(=O)O)CC1. The van der Waals surface area contributed by atoms with Crippen molar-refractivity contribution in [3.8, 4) is 0 Å². The van der Waals surface area contributed by atoms with E-state index in [4.69, 9.17) is 0 Å². The van der Waals surface area contributed by atoms with Crippen molar-refractivity contribution < 1.29 is 19.8 Å². The van der Waals surface area contributed by atoms with Gasteiger partial charge in [0.15, 0.2) is 5.78 Å². The molecule has 2 rings (SSSR count). The van der Waals surface area contributed by atoms with Crippen LogP contribution in [0, 0.1) is 16.7 Å². The highest BCUT2D eigenvalue weighted by Crippen LogP contribution is 2.51. The highest BCUT2D eigenvalue weighted by atomic mass is 16.4. The molecule has 0 aromatic rings. The summed E-state index contributed by atoms with van der Waals surface area (Å²) in [5.74, 6) is -1.20. The number of carboxylic acids is 1. The number of rotatable bonds is 1. The summed E-state index contributed by atoms with van der Waals surface area (Å²) in [6.07, 6.45) is 0.685. The number of aliphatic hydroxyl groups excluding tert-OH is 1. The molecule has 4 heteroatoms. The molecule has 0 aromatic carbocycles. The van der Waals surface area contributed by atoms with Crippen molar-refractivity contribution in [3.05, 3.63) is 11.1 Å². The molecule has 0 heterocycles. The normalized spacial score (nSPS) is 38.1. The second-order valence-corrected chi connectivity index (χ2v) is 6.87. The van der Waals surface area contributed by atoms with Gasteiger partial charge in [0, 0.05) is 11.5 Å². The second-order valence-electron chi connectivity index (χ2n) is 6.87. The smallest absolute Gasteiger partial charge is 0.309 e. The van der Waals surface area contributed by atoms with Crippen LogP contribution in [-0.4, -0.2) is 28.1 Å². The third-order valence-electron chi connectivity index (χ3n) is 5.02. The Hall–Kier alpha value is -1.16. The van der Waals surface area contributed by atoms with Gasteiger partial charge in [-0.25, -0.2) is 0 Å². The van der Waals surface area contributed by atoms with Gasteiger partial charge in [-0.15, -0.1) is 0 Å². The summed E-state index contributed by atoms with van der Waals surface area (Å²) >= 11 is 0. The molecule has 0 unspecified atom stereocenters. The van der Waals surface area contributed by atoms with Gasteiger partial charge >= 0.3 is 5.97 Å². The largest absolute Gasteiger partial charge is 0.481 e. The number of ketones is 1. The first-order valence-corrected chi connectivity index (χ1v) is 6.77. The highest BCUT2D eigenvalue weighted by Gasteiger charge is 2.55. The van der Waals surface area contributed by atoms with Gasteiger partial charge in [0.2, 0.25) is 0 Å². The van der Waals surface area contributed by atoms with Gasteiger partial charge in [-0.3, -0.25) is 9.59 Å². The topological polar surface area (TPSA) is 74.6 Å². The molecule has 2 aliphatic rings. The van der Waals surface area contributed by atoms with Crippen LogP contribution < -0.4 is 0 Å². The maximum Gasteiger partial charge on any atom is 0.309 e. The van der Waals surface area contributed by atoms with E-state index in [1.807, 2.05) is 6.92 Å². The van der Waals surface area contributed by atoms with Crippen molar-refractivity contribution in [2.24, 2.45) is 16.7 Å². The number of carbonyl (C=O) groups is 2. The number of aliphatic carboxylic acids is 1. The number of aliphatic hydroxyl groups is 1. The number of fused-ring (bicyclic) bond motifs is 1. The van der Waals surface area contributed by atoms with Crippen molar-refractivity contribution in [1.29, 1.82) is 0 Å². The molecular formula is C15H22O4. The molecule has 1 fully saturated rings. The molecule has 0 aliphatic heterocycles. The predicted octanol–water partition coefficient (Wildman–Crippen LogP) is 2.16. The minimum absolute atomic E-state index is 0.0165. The van der Waals surface area contributed by atoms with Crippen LogP contribution in [0.2, 0.25) is 0 Å². The third kappa shape index (κ3) is 1.93. The number of carboxylic acid groups (broad SMARTS) is 1. The molecule has 19 heavy (non-hydrogen) atoms. The average molecular weight is 266 g/mol. The van der Waals surface area contributed by atoms with Gasteiger partial charge in [0.05, 0.1) is 16.9 Å². The number of allylic oxidation sites excluding steroid dienone is 1. The predicted molar refractivity (Wildman–Crippen MR) is 70.6 cm³/mol. The van der Waals surface area contributed by atoms with Crippen LogP contribution in [0.4, 0.5) is 0 Å². The van der Waals surface area contributed by atoms with E-state index in [0.717, 1.165) is 5.57 Å². The minimum atomic E-state index is -0.866. The lowest BCUT2D eigenvalue weighted by Gasteiger charge is -2.29. The van der Waals surface area contributed by atoms with E-state index in [1.54, 1.807) is 20.8 Å². The zero-order valence-electron chi connectivity index (χ0n) is 12.0. The first-order valence-electron chi connectivity index (χ1n) is 6.77. The molecule has 2 aliphatic carbocycles. The minimum Gasteiger partial charge on any atom is -0.481 e. The summed E-state index contributed by atoms with van der Waals surface area (Å²) in [7, 11) is 0. The Kier molecular flexibility index (Phi) is 3.13. The molecule has 4 nitrogen and oxygen atoms in total. The van der Waals surface area contributed by atoms with Crippen molar-refractivity contribution in [1.82, 2.24) is 0 Å². The highest BCUT2D eigenvalue weighted by molar-refractivity contribution is 6.04. The van der Waals surface area contributed by atoms with E-state index >= 15 is 0 Å². The molecule has 3 atom stereocenters. The lowest BCUT2D eigenvalue weighted by Crippen LogP contribution is -2.36. The quantitative estimate of drug-likeness (QED) is 0.762. The zero-order valence-corrected chi connectivity index (χ0v) is 12.0. The fourth-order valence-corrected chi connectivity index (χ4v) is 3.41. The standard InChI is InChI=1S/C15H22O4/c1-8-5-6-15(4,13(18)19)7-9-10(8)12(17)14(2,3)11(9)16/h9,11,16H,5-7H2,1-4H3,(H,18,19)/t9-,11+,15-/m0/s1. The van der Waals surface area contributed by atoms with Gasteiger partial charge in [-0.2, -0.15) is 0 Å². The second kappa shape index (κ2) is 4.17. The molecule has 0 spiro atoms. The monoisotopic (exact) mass is 266 g/mol. The summed E-state index contributed by atoms with van der Waals surface area (Å²) in [4.78, 5) is 23.9. The van der Waals surface area contributed by atoms with E-state index in [-0.39, 0.29) is 11.7 Å². The summed E-state index contributed by atoms with van der Waals surface area (Å²) < 4.78 is 0. The van der Waals surface area contributed by atoms with Crippen LogP contribution in [0.3, 0.4) is 0 Å². The van der Waals surface area contributed by atoms with Crippen LogP contribution in [0.5, 0.6) is 0 Å². The third-order valence-corrected chi connectivity index (χ3v) is 5.02. The van der Waals surface area contributed by atoms with Crippen molar-refractivity contribution in [2.75, 3.05) is 0 Å². The molecule has 0 amide bonds. The first-order chi connectivity index (χ1) is 8.61. The van der Waals surface area contributed by atoms with Gasteiger partial charge in [0.25, 0.3) is 0 Å². The maximum absolute atomic E-state index is 12.5. The fourth-order valence-electron chi connectivity index (χ4n) is 3.41. The van der Waals surface area contributed by atoms with E-state index in [0.29, 0.717) is 24.8 Å². The lowest BCUT2D eigenvalue weighted by atomic mass is 9.76. The van der Waals surface area contributed by atoms with Crippen LogP contribution in [0.15, 0.2) is 11.1 Å². The van der Waals surface area contributed by atoms with Crippen LogP contribution in [0.1, 0.15) is 47.0 Å². The Labute approximate surface area is 113 Å². The number of Topliss-reactive ketones (excluding diaryl/α,β-unsaturated/α-hetero) is 1. The van der Waals surface area contributed by atoms with Crippen LogP contribution in [0.25, 0.3) is 0 Å². The summed E-state index contributed by atoms with van der Waals surface area (Å²) in [5, 5.41) is 19.9. The van der Waals surface area contributed by atoms with Gasteiger partial charge < -0.3 is 10.2 Å². The molecule has 2 N–H and O–H groups in total. The maximum atomic E-state index is 12.5. The van der Waals surface area contributed by atoms with E-state index in [9.17, 15) is 19.8 Å². The molecule has 1 saturated carbocycles. The molecule has 0 aromatic heterocycles. The van der Waals surface area contributed by atoms with Crippen LogP contribution >= 0.6 is 0 Å². The number of carbonyl (C=O) groups excluding carboxylic acids is 1. The van der Waals surface area contributed by atoms with Crippen LogP contribution in [-0.2, 0) is 9.59 Å². The Bertz CT molecular complexity index is 475. The van der Waals surface area contributed by atoms with Crippen molar-refractivity contribution in [2.45, 2.75) is 53.1 Å². The van der Waals surface area contributed by atoms with Crippen molar-refractivity contribution >= 4 is 11.8 Å². The number of hydrogen-bond acceptors (Lipinski definition) is 3. The van der Waals surface area contributed by atoms with Gasteiger partial charge in [-0.1, -0.05) is 19.4 Å². The Morgan fingerprint density at radius 1 is 1.32 bits per heavy atom. The Balaban J connectivity index is 2.49. The first kappa shape index (κ1) is 14.3. The molecule has 106 valence electrons. The van der Waals surface area contributed by atoms with Gasteiger partial charge in [-0.05, 0) is 33.1 Å². The average Bonchev–Trinajstić information content (AvgIpc) is 2.44. The fraction of sp³-hybridized carbons (Fsp3) is 0.733. The molecule has 0 saturated heterocycles. The van der Waals surface area contributed by atoms with E-state index in [1.165, 1.54) is 0 Å². The summed E-state index contributed by atoms with van der Waals surface area (Å²) in [5.41, 5.74) is -0.0417. The van der Waals surface area contributed by atoms with E-state index in [2.05, 4.69) is 0 Å². The summed E-state index contributed by atoms with van der Waals surface area (Å²) in [6, 6.07) is 0. The Morgan fingerprint density at radius 3 is 2.42 bits per heavy atom.